The molecular formula is C11H26N2. The molecule has 1 unspecified atom stereocenters. The van der Waals surface area contributed by atoms with Crippen LogP contribution < -0.4 is 5.73 Å². The minimum absolute atomic E-state index is 0.353. The van der Waals surface area contributed by atoms with E-state index in [1.807, 2.05) is 0 Å². The Hall–Kier alpha value is -0.0800. The molecule has 0 aromatic rings. The average Bonchev–Trinajstić information content (AvgIpc) is 2.02. The maximum atomic E-state index is 6.04. The molecule has 0 radical (unpaired) electrons. The Morgan fingerprint density at radius 3 is 2.23 bits per heavy atom. The predicted octanol–water partition coefficient (Wildman–Crippen LogP) is 2.09. The summed E-state index contributed by atoms with van der Waals surface area (Å²) < 4.78 is 0. The zero-order valence-corrected chi connectivity index (χ0v) is 9.71. The first-order valence-corrected chi connectivity index (χ1v) is 5.58. The summed E-state index contributed by atoms with van der Waals surface area (Å²) in [5, 5.41) is 0. The van der Waals surface area contributed by atoms with Gasteiger partial charge in [0, 0.05) is 12.6 Å². The molecule has 2 nitrogen and oxygen atoms in total. The second-order valence-corrected chi connectivity index (χ2v) is 4.28. The minimum Gasteiger partial charge on any atom is -0.327 e. The van der Waals surface area contributed by atoms with Crippen molar-refractivity contribution in [2.75, 3.05) is 19.6 Å². The molecule has 0 saturated carbocycles. The Labute approximate surface area is 83.5 Å². The third-order valence-corrected chi connectivity index (χ3v) is 2.25. The molecule has 0 aliphatic carbocycles. The fraction of sp³-hybridized carbons (Fsp3) is 1.00. The number of nitrogens with two attached hydrogens (primary N) is 1. The van der Waals surface area contributed by atoms with E-state index in [0.29, 0.717) is 6.04 Å². The molecule has 80 valence electrons. The van der Waals surface area contributed by atoms with Gasteiger partial charge in [-0.15, -0.1) is 0 Å². The molecule has 0 spiro atoms. The summed E-state index contributed by atoms with van der Waals surface area (Å²) in [6.07, 6.45) is 2.36. The van der Waals surface area contributed by atoms with Crippen molar-refractivity contribution in [1.82, 2.24) is 4.90 Å². The van der Waals surface area contributed by atoms with Crippen molar-refractivity contribution in [3.05, 3.63) is 0 Å². The molecule has 2 N–H and O–H groups in total. The van der Waals surface area contributed by atoms with Gasteiger partial charge in [0.05, 0.1) is 0 Å². The van der Waals surface area contributed by atoms with Crippen LogP contribution in [0.4, 0.5) is 0 Å². The van der Waals surface area contributed by atoms with Gasteiger partial charge < -0.3 is 10.6 Å². The lowest BCUT2D eigenvalue weighted by Gasteiger charge is -2.24. The zero-order valence-electron chi connectivity index (χ0n) is 9.71. The largest absolute Gasteiger partial charge is 0.327 e. The number of hydrogen-bond acceptors (Lipinski definition) is 2. The first kappa shape index (κ1) is 12.9. The SMILES string of the molecule is CCCN(CC)CC(N)CC(C)C. The molecule has 0 fully saturated rings. The van der Waals surface area contributed by atoms with Gasteiger partial charge in [0.2, 0.25) is 0 Å². The van der Waals surface area contributed by atoms with Crippen LogP contribution in [-0.2, 0) is 0 Å². The van der Waals surface area contributed by atoms with E-state index < -0.39 is 0 Å². The average molecular weight is 186 g/mol. The first-order valence-electron chi connectivity index (χ1n) is 5.58. The second kappa shape index (κ2) is 7.34. The fourth-order valence-electron chi connectivity index (χ4n) is 1.71. The van der Waals surface area contributed by atoms with Gasteiger partial charge in [-0.1, -0.05) is 27.7 Å². The predicted molar refractivity (Wildman–Crippen MR) is 59.8 cm³/mol. The molecule has 0 aromatic heterocycles. The molecule has 0 amide bonds. The van der Waals surface area contributed by atoms with E-state index in [9.17, 15) is 0 Å². The van der Waals surface area contributed by atoms with Gasteiger partial charge in [0.15, 0.2) is 0 Å². The Bertz CT molecular complexity index is 113. The highest BCUT2D eigenvalue weighted by molar-refractivity contribution is 4.68. The van der Waals surface area contributed by atoms with Crippen molar-refractivity contribution < 1.29 is 0 Å². The van der Waals surface area contributed by atoms with Gasteiger partial charge in [-0.25, -0.2) is 0 Å². The lowest BCUT2D eigenvalue weighted by molar-refractivity contribution is 0.258. The minimum atomic E-state index is 0.353. The lowest BCUT2D eigenvalue weighted by Crippen LogP contribution is -2.38. The van der Waals surface area contributed by atoms with Gasteiger partial charge in [0.1, 0.15) is 0 Å². The van der Waals surface area contributed by atoms with Crippen molar-refractivity contribution in [2.45, 2.75) is 46.6 Å². The van der Waals surface area contributed by atoms with Crippen LogP contribution in [0.25, 0.3) is 0 Å². The Morgan fingerprint density at radius 2 is 1.85 bits per heavy atom. The highest BCUT2D eigenvalue weighted by Gasteiger charge is 2.09. The summed E-state index contributed by atoms with van der Waals surface area (Å²) in [6, 6.07) is 0.353. The monoisotopic (exact) mass is 186 g/mol. The van der Waals surface area contributed by atoms with Gasteiger partial charge in [-0.05, 0) is 31.8 Å². The van der Waals surface area contributed by atoms with Crippen LogP contribution in [0, 0.1) is 5.92 Å². The van der Waals surface area contributed by atoms with Crippen molar-refractivity contribution >= 4 is 0 Å². The highest BCUT2D eigenvalue weighted by Crippen LogP contribution is 2.04. The van der Waals surface area contributed by atoms with E-state index in [1.165, 1.54) is 13.0 Å². The van der Waals surface area contributed by atoms with Crippen molar-refractivity contribution in [3.8, 4) is 0 Å². The molecule has 0 aliphatic heterocycles. The molecule has 0 saturated heterocycles. The topological polar surface area (TPSA) is 29.3 Å². The van der Waals surface area contributed by atoms with E-state index in [-0.39, 0.29) is 0 Å². The van der Waals surface area contributed by atoms with Crippen LogP contribution in [0.15, 0.2) is 0 Å². The van der Waals surface area contributed by atoms with E-state index in [4.69, 9.17) is 5.73 Å². The summed E-state index contributed by atoms with van der Waals surface area (Å²) >= 11 is 0. The molecule has 2 heteroatoms. The smallest absolute Gasteiger partial charge is 0.0170 e. The maximum Gasteiger partial charge on any atom is 0.0170 e. The third-order valence-electron chi connectivity index (χ3n) is 2.25. The lowest BCUT2D eigenvalue weighted by atomic mass is 10.0. The summed E-state index contributed by atoms with van der Waals surface area (Å²) in [5.41, 5.74) is 6.04. The normalized spacial score (nSPS) is 14.1. The summed E-state index contributed by atoms with van der Waals surface area (Å²) in [4.78, 5) is 2.44. The molecule has 0 bridgehead atoms. The Balaban J connectivity index is 3.65. The number of likely N-dealkylation sites (N-methyl/N-ethyl adjacent to an activating group) is 1. The second-order valence-electron chi connectivity index (χ2n) is 4.28. The molecule has 0 heterocycles. The van der Waals surface area contributed by atoms with E-state index >= 15 is 0 Å². The number of nitrogens with zero attached hydrogens (tertiary/aromatic N) is 1. The number of hydrogen-bond donors (Lipinski definition) is 1. The van der Waals surface area contributed by atoms with E-state index in [2.05, 4.69) is 32.6 Å². The molecule has 0 aliphatic rings. The first-order chi connectivity index (χ1) is 6.10. The van der Waals surface area contributed by atoms with Gasteiger partial charge in [-0.2, -0.15) is 0 Å². The maximum absolute atomic E-state index is 6.04. The Morgan fingerprint density at radius 1 is 1.23 bits per heavy atom. The van der Waals surface area contributed by atoms with Crippen LogP contribution >= 0.6 is 0 Å². The van der Waals surface area contributed by atoms with Gasteiger partial charge >= 0.3 is 0 Å². The molecular weight excluding hydrogens is 160 g/mol. The van der Waals surface area contributed by atoms with Crippen LogP contribution in [0.3, 0.4) is 0 Å². The highest BCUT2D eigenvalue weighted by atomic mass is 15.1. The summed E-state index contributed by atoms with van der Waals surface area (Å²) in [7, 11) is 0. The molecule has 0 rings (SSSR count). The molecule has 13 heavy (non-hydrogen) atoms. The number of rotatable bonds is 7. The van der Waals surface area contributed by atoms with Crippen molar-refractivity contribution in [1.29, 1.82) is 0 Å². The van der Waals surface area contributed by atoms with Crippen LogP contribution in [-0.4, -0.2) is 30.6 Å². The quantitative estimate of drug-likeness (QED) is 0.659. The fourth-order valence-corrected chi connectivity index (χ4v) is 1.71. The summed E-state index contributed by atoms with van der Waals surface area (Å²) in [6.45, 7) is 12.3. The summed E-state index contributed by atoms with van der Waals surface area (Å²) in [5.74, 6) is 0.718. The third kappa shape index (κ3) is 7.03. The van der Waals surface area contributed by atoms with E-state index in [0.717, 1.165) is 25.4 Å². The molecule has 1 atom stereocenters. The van der Waals surface area contributed by atoms with Gasteiger partial charge in [-0.3, -0.25) is 0 Å². The van der Waals surface area contributed by atoms with Crippen LogP contribution in [0.2, 0.25) is 0 Å². The van der Waals surface area contributed by atoms with E-state index in [1.54, 1.807) is 0 Å². The Kier molecular flexibility index (Phi) is 7.29. The molecule has 0 aromatic carbocycles. The van der Waals surface area contributed by atoms with Crippen molar-refractivity contribution in [2.24, 2.45) is 11.7 Å². The standard InChI is InChI=1S/C11H26N2/c1-5-7-13(6-2)9-11(12)8-10(3)4/h10-11H,5-9,12H2,1-4H3. The van der Waals surface area contributed by atoms with Crippen molar-refractivity contribution in [3.63, 3.8) is 0 Å². The zero-order chi connectivity index (χ0) is 10.3. The van der Waals surface area contributed by atoms with Gasteiger partial charge in [0.25, 0.3) is 0 Å². The van der Waals surface area contributed by atoms with Crippen LogP contribution in [0.5, 0.6) is 0 Å². The van der Waals surface area contributed by atoms with Crippen LogP contribution in [0.1, 0.15) is 40.5 Å².